The molecule has 2 amide bonds. The average Bonchev–Trinajstić information content (AvgIpc) is 2.77. The third-order valence-electron chi connectivity index (χ3n) is 2.84. The van der Waals surface area contributed by atoms with Crippen molar-refractivity contribution in [3.63, 3.8) is 0 Å². The summed E-state index contributed by atoms with van der Waals surface area (Å²) in [7, 11) is 0. The van der Waals surface area contributed by atoms with E-state index in [0.29, 0.717) is 19.6 Å². The van der Waals surface area contributed by atoms with E-state index in [0.717, 1.165) is 5.75 Å². The Labute approximate surface area is 114 Å². The van der Waals surface area contributed by atoms with Crippen LogP contribution >= 0.6 is 11.8 Å². The van der Waals surface area contributed by atoms with Crippen LogP contribution in [0.15, 0.2) is 6.20 Å². The standard InChI is InChI=1S/C10H15N5O3S/c1-19-3-2-11-10(18)14-4-7(5-14)15-6-8(9(16)17)12-13-15/h6-7H,2-5H2,1H3,(H,11,18)(H,16,17). The lowest BCUT2D eigenvalue weighted by molar-refractivity contribution is 0.0690. The Kier molecular flexibility index (Phi) is 4.25. The molecular weight excluding hydrogens is 270 g/mol. The number of nitrogens with zero attached hydrogens (tertiary/aromatic N) is 4. The zero-order valence-electron chi connectivity index (χ0n) is 10.4. The van der Waals surface area contributed by atoms with E-state index in [1.165, 1.54) is 10.9 Å². The Bertz CT molecular complexity index is 471. The van der Waals surface area contributed by atoms with E-state index < -0.39 is 5.97 Å². The molecule has 0 bridgehead atoms. The van der Waals surface area contributed by atoms with Crippen LogP contribution in [0.5, 0.6) is 0 Å². The summed E-state index contributed by atoms with van der Waals surface area (Å²) in [4.78, 5) is 24.0. The first-order valence-corrected chi connectivity index (χ1v) is 7.18. The molecule has 0 saturated carbocycles. The summed E-state index contributed by atoms with van der Waals surface area (Å²) in [5.74, 6) is -0.217. The third kappa shape index (κ3) is 3.16. The summed E-state index contributed by atoms with van der Waals surface area (Å²) in [6, 6.07) is -0.0872. The number of nitrogens with one attached hydrogen (secondary N) is 1. The van der Waals surface area contributed by atoms with Crippen molar-refractivity contribution in [3.8, 4) is 0 Å². The molecule has 1 aromatic rings. The number of rotatable bonds is 5. The van der Waals surface area contributed by atoms with Gasteiger partial charge in [-0.05, 0) is 6.26 Å². The van der Waals surface area contributed by atoms with Crippen LogP contribution in [0.2, 0.25) is 0 Å². The molecule has 2 heterocycles. The molecule has 2 rings (SSSR count). The van der Waals surface area contributed by atoms with Gasteiger partial charge < -0.3 is 15.3 Å². The number of carbonyl (C=O) groups excluding carboxylic acids is 1. The van der Waals surface area contributed by atoms with Crippen molar-refractivity contribution >= 4 is 23.8 Å². The number of urea groups is 1. The molecule has 0 atom stereocenters. The molecule has 1 aromatic heterocycles. The highest BCUT2D eigenvalue weighted by atomic mass is 32.2. The number of hydrogen-bond donors (Lipinski definition) is 2. The van der Waals surface area contributed by atoms with Gasteiger partial charge in [-0.2, -0.15) is 11.8 Å². The van der Waals surface area contributed by atoms with Crippen LogP contribution in [0.4, 0.5) is 4.79 Å². The van der Waals surface area contributed by atoms with Gasteiger partial charge in [-0.15, -0.1) is 5.10 Å². The van der Waals surface area contributed by atoms with Crippen molar-refractivity contribution in [2.45, 2.75) is 6.04 Å². The topological polar surface area (TPSA) is 100 Å². The average molecular weight is 285 g/mol. The number of likely N-dealkylation sites (tertiary alicyclic amines) is 1. The van der Waals surface area contributed by atoms with Crippen molar-refractivity contribution < 1.29 is 14.7 Å². The van der Waals surface area contributed by atoms with Crippen molar-refractivity contribution in [2.24, 2.45) is 0 Å². The Morgan fingerprint density at radius 1 is 1.58 bits per heavy atom. The molecule has 0 aromatic carbocycles. The van der Waals surface area contributed by atoms with Crippen LogP contribution in [-0.2, 0) is 0 Å². The maximum Gasteiger partial charge on any atom is 0.358 e. The smallest absolute Gasteiger partial charge is 0.358 e. The molecule has 0 aliphatic carbocycles. The molecule has 9 heteroatoms. The fraction of sp³-hybridized carbons (Fsp3) is 0.600. The molecule has 1 fully saturated rings. The summed E-state index contributed by atoms with van der Waals surface area (Å²) < 4.78 is 1.50. The molecule has 1 saturated heterocycles. The number of carboxylic acid groups (broad SMARTS) is 1. The second-order valence-electron chi connectivity index (χ2n) is 4.17. The monoisotopic (exact) mass is 285 g/mol. The van der Waals surface area contributed by atoms with Gasteiger partial charge in [0, 0.05) is 25.4 Å². The first-order chi connectivity index (χ1) is 9.11. The Morgan fingerprint density at radius 3 is 2.89 bits per heavy atom. The van der Waals surface area contributed by atoms with Gasteiger partial charge in [0.15, 0.2) is 5.69 Å². The minimum atomic E-state index is -1.10. The highest BCUT2D eigenvalue weighted by molar-refractivity contribution is 7.98. The molecule has 8 nitrogen and oxygen atoms in total. The molecule has 0 spiro atoms. The largest absolute Gasteiger partial charge is 0.476 e. The molecule has 0 unspecified atom stereocenters. The number of aromatic nitrogens is 3. The lowest BCUT2D eigenvalue weighted by Gasteiger charge is -2.38. The minimum Gasteiger partial charge on any atom is -0.476 e. The fourth-order valence-electron chi connectivity index (χ4n) is 1.71. The number of carboxylic acids is 1. The van der Waals surface area contributed by atoms with Gasteiger partial charge >= 0.3 is 12.0 Å². The van der Waals surface area contributed by atoms with Crippen LogP contribution < -0.4 is 5.32 Å². The van der Waals surface area contributed by atoms with Crippen LogP contribution in [-0.4, -0.2) is 68.6 Å². The van der Waals surface area contributed by atoms with Crippen molar-refractivity contribution in [1.82, 2.24) is 25.2 Å². The lowest BCUT2D eigenvalue weighted by atomic mass is 10.1. The predicted octanol–water partition coefficient (Wildman–Crippen LogP) is -0.0944. The molecule has 1 aliphatic rings. The quantitative estimate of drug-likeness (QED) is 0.733. The second kappa shape index (κ2) is 5.91. The van der Waals surface area contributed by atoms with Crippen LogP contribution in [0.25, 0.3) is 0 Å². The zero-order chi connectivity index (χ0) is 13.8. The molecule has 104 valence electrons. The van der Waals surface area contributed by atoms with Crippen LogP contribution in [0.1, 0.15) is 16.5 Å². The van der Waals surface area contributed by atoms with Crippen LogP contribution in [0.3, 0.4) is 0 Å². The summed E-state index contributed by atoms with van der Waals surface area (Å²) >= 11 is 1.67. The van der Waals surface area contributed by atoms with E-state index >= 15 is 0 Å². The van der Waals surface area contributed by atoms with Crippen molar-refractivity contribution in [2.75, 3.05) is 31.6 Å². The summed E-state index contributed by atoms with van der Waals surface area (Å²) in [6.45, 7) is 1.69. The number of hydrogen-bond acceptors (Lipinski definition) is 5. The Morgan fingerprint density at radius 2 is 2.32 bits per heavy atom. The third-order valence-corrected chi connectivity index (χ3v) is 3.45. The molecule has 1 aliphatic heterocycles. The summed E-state index contributed by atoms with van der Waals surface area (Å²) in [5, 5.41) is 18.8. The van der Waals surface area contributed by atoms with E-state index in [4.69, 9.17) is 5.11 Å². The highest BCUT2D eigenvalue weighted by Gasteiger charge is 2.32. The first-order valence-electron chi connectivity index (χ1n) is 5.78. The molecule has 2 N–H and O–H groups in total. The zero-order valence-corrected chi connectivity index (χ0v) is 11.3. The van der Waals surface area contributed by atoms with Gasteiger partial charge in [0.1, 0.15) is 0 Å². The molecule has 19 heavy (non-hydrogen) atoms. The fourth-order valence-corrected chi connectivity index (χ4v) is 2.02. The van der Waals surface area contributed by atoms with Gasteiger partial charge in [-0.1, -0.05) is 5.21 Å². The van der Waals surface area contributed by atoms with E-state index in [1.807, 2.05) is 6.26 Å². The second-order valence-corrected chi connectivity index (χ2v) is 5.16. The van der Waals surface area contributed by atoms with E-state index in [2.05, 4.69) is 15.6 Å². The number of carbonyl (C=O) groups is 2. The van der Waals surface area contributed by atoms with Gasteiger partial charge in [0.05, 0.1) is 12.2 Å². The van der Waals surface area contributed by atoms with E-state index in [9.17, 15) is 9.59 Å². The van der Waals surface area contributed by atoms with Gasteiger partial charge in [0.25, 0.3) is 0 Å². The van der Waals surface area contributed by atoms with Gasteiger partial charge in [-0.3, -0.25) is 0 Å². The SMILES string of the molecule is CSCCNC(=O)N1CC(n2cc(C(=O)O)nn2)C1. The predicted molar refractivity (Wildman–Crippen MR) is 69.4 cm³/mol. The number of aromatic carboxylic acids is 1. The lowest BCUT2D eigenvalue weighted by Crippen LogP contribution is -2.54. The highest BCUT2D eigenvalue weighted by Crippen LogP contribution is 2.20. The first kappa shape index (κ1) is 13.7. The Balaban J connectivity index is 1.78. The number of amides is 2. The van der Waals surface area contributed by atoms with Gasteiger partial charge in [-0.25, -0.2) is 14.3 Å². The summed E-state index contributed by atoms with van der Waals surface area (Å²) in [6.07, 6.45) is 3.37. The van der Waals surface area contributed by atoms with E-state index in [-0.39, 0.29) is 17.8 Å². The van der Waals surface area contributed by atoms with Crippen molar-refractivity contribution in [3.05, 3.63) is 11.9 Å². The van der Waals surface area contributed by atoms with Crippen LogP contribution in [0, 0.1) is 0 Å². The summed E-state index contributed by atoms with van der Waals surface area (Å²) in [5.41, 5.74) is -0.0807. The minimum absolute atomic E-state index is 0.00639. The normalized spacial score (nSPS) is 15.1. The molecule has 0 radical (unpaired) electrons. The van der Waals surface area contributed by atoms with Gasteiger partial charge in [0.2, 0.25) is 0 Å². The molecular formula is C10H15N5O3S. The maximum atomic E-state index is 11.7. The van der Waals surface area contributed by atoms with Crippen molar-refractivity contribution in [1.29, 1.82) is 0 Å². The Hall–Kier alpha value is -1.77. The van der Waals surface area contributed by atoms with E-state index in [1.54, 1.807) is 16.7 Å². The maximum absolute atomic E-state index is 11.7. The number of thioether (sulfide) groups is 1.